The molecule has 4 amide bonds. The van der Waals surface area contributed by atoms with Gasteiger partial charge in [-0.2, -0.15) is 0 Å². The van der Waals surface area contributed by atoms with Gasteiger partial charge in [-0.05, 0) is 43.2 Å². The summed E-state index contributed by atoms with van der Waals surface area (Å²) in [6, 6.07) is 14.9. The summed E-state index contributed by atoms with van der Waals surface area (Å²) in [5, 5.41) is 5.71. The molecule has 0 aromatic heterocycles. The minimum Gasteiger partial charge on any atom is -0.352 e. The Labute approximate surface area is 177 Å². The number of anilines is 1. The number of amides is 4. The van der Waals surface area contributed by atoms with Crippen molar-refractivity contribution in [3.63, 3.8) is 0 Å². The third-order valence-corrected chi connectivity index (χ3v) is 5.20. The average molecular weight is 409 g/mol. The van der Waals surface area contributed by atoms with E-state index in [2.05, 4.69) is 10.6 Å². The highest BCUT2D eigenvalue weighted by Crippen LogP contribution is 2.12. The molecule has 30 heavy (non-hydrogen) atoms. The fourth-order valence-corrected chi connectivity index (χ4v) is 3.45. The molecule has 0 aliphatic carbocycles. The zero-order valence-electron chi connectivity index (χ0n) is 17.5. The van der Waals surface area contributed by atoms with Crippen LogP contribution in [0.2, 0.25) is 0 Å². The first-order valence-corrected chi connectivity index (χ1v) is 10.2. The molecule has 1 aliphatic heterocycles. The number of aryl methyl sites for hydroxylation is 2. The number of carbonyl (C=O) groups is 3. The summed E-state index contributed by atoms with van der Waals surface area (Å²) in [5.74, 6) is -0.183. The normalized spacial score (nSPS) is 13.7. The molecule has 2 aromatic carbocycles. The van der Waals surface area contributed by atoms with E-state index in [1.165, 1.54) is 0 Å². The van der Waals surface area contributed by atoms with E-state index in [9.17, 15) is 14.4 Å². The Morgan fingerprint density at radius 3 is 2.30 bits per heavy atom. The van der Waals surface area contributed by atoms with Crippen molar-refractivity contribution >= 4 is 23.5 Å². The molecule has 3 rings (SSSR count). The number of nitrogens with zero attached hydrogens (tertiary/aromatic N) is 2. The maximum Gasteiger partial charge on any atom is 0.321 e. The van der Waals surface area contributed by atoms with Gasteiger partial charge in [0.25, 0.3) is 5.91 Å². The Hall–Kier alpha value is -3.35. The molecule has 0 atom stereocenters. The zero-order valence-corrected chi connectivity index (χ0v) is 17.5. The number of rotatable bonds is 5. The second kappa shape index (κ2) is 9.91. The molecule has 7 heteroatoms. The molecule has 7 nitrogen and oxygen atoms in total. The molecule has 2 aromatic rings. The monoisotopic (exact) mass is 408 g/mol. The molecular formula is C23H28N4O3. The number of urea groups is 1. The van der Waals surface area contributed by atoms with Crippen molar-refractivity contribution in [3.05, 3.63) is 65.2 Å². The lowest BCUT2D eigenvalue weighted by Crippen LogP contribution is -2.52. The summed E-state index contributed by atoms with van der Waals surface area (Å²) in [6.45, 7) is 6.10. The summed E-state index contributed by atoms with van der Waals surface area (Å²) in [5.41, 5.74) is 3.38. The van der Waals surface area contributed by atoms with E-state index in [1.807, 2.05) is 56.3 Å². The Morgan fingerprint density at radius 1 is 0.900 bits per heavy atom. The Bertz CT molecular complexity index is 920. The largest absolute Gasteiger partial charge is 0.352 e. The van der Waals surface area contributed by atoms with Crippen molar-refractivity contribution < 1.29 is 14.4 Å². The van der Waals surface area contributed by atoms with Crippen molar-refractivity contribution in [2.45, 2.75) is 20.3 Å². The van der Waals surface area contributed by atoms with Gasteiger partial charge < -0.3 is 20.4 Å². The van der Waals surface area contributed by atoms with E-state index in [0.29, 0.717) is 38.3 Å². The van der Waals surface area contributed by atoms with E-state index in [1.54, 1.807) is 15.9 Å². The van der Waals surface area contributed by atoms with Crippen LogP contribution in [-0.2, 0) is 4.79 Å². The predicted molar refractivity (Wildman–Crippen MR) is 116 cm³/mol. The zero-order chi connectivity index (χ0) is 21.5. The van der Waals surface area contributed by atoms with Gasteiger partial charge in [-0.15, -0.1) is 0 Å². The summed E-state index contributed by atoms with van der Waals surface area (Å²) in [6.07, 6.45) is 0.243. The van der Waals surface area contributed by atoms with Crippen LogP contribution in [0.3, 0.4) is 0 Å². The van der Waals surface area contributed by atoms with E-state index in [-0.39, 0.29) is 24.3 Å². The van der Waals surface area contributed by atoms with Gasteiger partial charge in [-0.1, -0.05) is 30.3 Å². The third-order valence-electron chi connectivity index (χ3n) is 5.20. The first kappa shape index (κ1) is 21.4. The van der Waals surface area contributed by atoms with Gasteiger partial charge in [-0.3, -0.25) is 9.59 Å². The van der Waals surface area contributed by atoms with Crippen LogP contribution < -0.4 is 10.6 Å². The fraction of sp³-hybridized carbons (Fsp3) is 0.348. The van der Waals surface area contributed by atoms with Crippen molar-refractivity contribution in [2.24, 2.45) is 0 Å². The molecule has 158 valence electrons. The number of nitrogens with one attached hydrogen (secondary N) is 2. The predicted octanol–water partition coefficient (Wildman–Crippen LogP) is 2.80. The molecule has 1 saturated heterocycles. The summed E-state index contributed by atoms with van der Waals surface area (Å²) >= 11 is 0. The number of hydrogen-bond donors (Lipinski definition) is 2. The van der Waals surface area contributed by atoms with Crippen LogP contribution in [0, 0.1) is 13.8 Å². The van der Waals surface area contributed by atoms with Crippen molar-refractivity contribution in [1.29, 1.82) is 0 Å². The molecule has 0 radical (unpaired) electrons. The minimum absolute atomic E-state index is 0.0150. The molecule has 0 spiro atoms. The Balaban J connectivity index is 1.40. The molecule has 0 unspecified atom stereocenters. The molecule has 2 N–H and O–H groups in total. The van der Waals surface area contributed by atoms with Crippen LogP contribution in [0.1, 0.15) is 27.9 Å². The number of hydrogen-bond acceptors (Lipinski definition) is 3. The first-order chi connectivity index (χ1) is 14.4. The van der Waals surface area contributed by atoms with Crippen molar-refractivity contribution in [3.8, 4) is 0 Å². The summed E-state index contributed by atoms with van der Waals surface area (Å²) in [4.78, 5) is 40.6. The highest BCUT2D eigenvalue weighted by Gasteiger charge is 2.24. The van der Waals surface area contributed by atoms with E-state index < -0.39 is 0 Å². The topological polar surface area (TPSA) is 81.8 Å². The molecule has 1 heterocycles. The summed E-state index contributed by atoms with van der Waals surface area (Å²) < 4.78 is 0. The van der Waals surface area contributed by atoms with Crippen LogP contribution in [0.4, 0.5) is 10.5 Å². The second-order valence-corrected chi connectivity index (χ2v) is 7.49. The maximum absolute atomic E-state index is 12.4. The molecule has 0 bridgehead atoms. The number of piperazine rings is 1. The second-order valence-electron chi connectivity index (χ2n) is 7.49. The van der Waals surface area contributed by atoms with Crippen molar-refractivity contribution in [2.75, 3.05) is 38.0 Å². The van der Waals surface area contributed by atoms with Gasteiger partial charge in [-0.25, -0.2) is 4.79 Å². The highest BCUT2D eigenvalue weighted by atomic mass is 16.2. The molecular weight excluding hydrogens is 380 g/mol. The highest BCUT2D eigenvalue weighted by molar-refractivity contribution is 5.95. The summed E-state index contributed by atoms with van der Waals surface area (Å²) in [7, 11) is 0. The van der Waals surface area contributed by atoms with Crippen LogP contribution in [0.15, 0.2) is 48.5 Å². The minimum atomic E-state index is -0.168. The van der Waals surface area contributed by atoms with E-state index >= 15 is 0 Å². The van der Waals surface area contributed by atoms with Gasteiger partial charge in [0, 0.05) is 50.4 Å². The lowest BCUT2D eigenvalue weighted by Gasteiger charge is -2.34. The van der Waals surface area contributed by atoms with Crippen LogP contribution in [0.25, 0.3) is 0 Å². The quantitative estimate of drug-likeness (QED) is 0.798. The van der Waals surface area contributed by atoms with Crippen molar-refractivity contribution in [1.82, 2.24) is 15.1 Å². The first-order valence-electron chi connectivity index (χ1n) is 10.2. The van der Waals surface area contributed by atoms with Crippen LogP contribution in [0.5, 0.6) is 0 Å². The molecule has 1 fully saturated rings. The maximum atomic E-state index is 12.4. The Kier molecular flexibility index (Phi) is 7.06. The third kappa shape index (κ3) is 5.59. The van der Waals surface area contributed by atoms with Gasteiger partial charge in [0.2, 0.25) is 5.91 Å². The van der Waals surface area contributed by atoms with E-state index in [0.717, 1.165) is 16.8 Å². The number of carbonyl (C=O) groups excluding carboxylic acids is 3. The van der Waals surface area contributed by atoms with E-state index in [4.69, 9.17) is 0 Å². The lowest BCUT2D eigenvalue weighted by molar-refractivity contribution is -0.132. The molecule has 0 saturated carbocycles. The van der Waals surface area contributed by atoms with Crippen LogP contribution in [-0.4, -0.2) is 60.4 Å². The smallest absolute Gasteiger partial charge is 0.321 e. The standard InChI is InChI=1S/C23H28N4O3/c1-17-6-5-8-19(16-17)25-23(30)27-14-12-26(13-15-27)21(28)10-11-24-22(29)20-9-4-3-7-18(20)2/h3-9,16H,10-15H2,1-2H3,(H,24,29)(H,25,30). The lowest BCUT2D eigenvalue weighted by atomic mass is 10.1. The van der Waals surface area contributed by atoms with Gasteiger partial charge in [0.15, 0.2) is 0 Å². The fourth-order valence-electron chi connectivity index (χ4n) is 3.45. The van der Waals surface area contributed by atoms with Crippen LogP contribution >= 0.6 is 0 Å². The average Bonchev–Trinajstić information content (AvgIpc) is 2.74. The Morgan fingerprint density at radius 2 is 1.60 bits per heavy atom. The van der Waals surface area contributed by atoms with Gasteiger partial charge in [0.1, 0.15) is 0 Å². The molecule has 1 aliphatic rings. The van der Waals surface area contributed by atoms with Gasteiger partial charge >= 0.3 is 6.03 Å². The number of benzene rings is 2. The SMILES string of the molecule is Cc1cccc(NC(=O)N2CCN(C(=O)CCNC(=O)c3ccccc3C)CC2)c1. The van der Waals surface area contributed by atoms with Gasteiger partial charge in [0.05, 0.1) is 0 Å².